The molecule has 1 fully saturated rings. The summed E-state index contributed by atoms with van der Waals surface area (Å²) in [5, 5.41) is 0. The second-order valence-electron chi connectivity index (χ2n) is 6.76. The number of hydrogen-bond donors (Lipinski definition) is 0. The van der Waals surface area contributed by atoms with Crippen molar-refractivity contribution in [3.63, 3.8) is 0 Å². The van der Waals surface area contributed by atoms with Crippen LogP contribution < -0.4 is 4.90 Å². The van der Waals surface area contributed by atoms with Crippen LogP contribution in [0.5, 0.6) is 0 Å². The summed E-state index contributed by atoms with van der Waals surface area (Å²) in [4.78, 5) is 16.4. The Kier molecular flexibility index (Phi) is 4.56. The Hall–Kier alpha value is -2.36. The van der Waals surface area contributed by atoms with Gasteiger partial charge in [0.15, 0.2) is 0 Å². The van der Waals surface area contributed by atoms with Gasteiger partial charge in [-0.15, -0.1) is 0 Å². The Bertz CT molecular complexity index is 727. The molecule has 0 N–H and O–H groups in total. The lowest BCUT2D eigenvalue weighted by atomic mass is 10.1. The second kappa shape index (κ2) is 6.63. The number of nitrogens with zero attached hydrogens (tertiary/aromatic N) is 2. The van der Waals surface area contributed by atoms with Crippen LogP contribution in [0.2, 0.25) is 0 Å². The van der Waals surface area contributed by atoms with Gasteiger partial charge in [-0.05, 0) is 47.7 Å². The van der Waals surface area contributed by atoms with E-state index in [0.717, 1.165) is 23.2 Å². The Labute approximate surface area is 142 Å². The molecule has 2 aromatic carbocycles. The molecular formula is C20H23FN2O. The predicted octanol–water partition coefficient (Wildman–Crippen LogP) is 3.65. The molecule has 0 aliphatic heterocycles. The van der Waals surface area contributed by atoms with Crippen LogP contribution in [0.15, 0.2) is 48.5 Å². The summed E-state index contributed by atoms with van der Waals surface area (Å²) in [7, 11) is 5.85. The molecule has 0 saturated heterocycles. The standard InChI is InChI=1S/C20H23FN2O/c1-22(2)17-9-7-14(8-10-17)13-23(3)20(24)19-12-18(19)15-5-4-6-16(21)11-15/h4-11,18-19H,12-13H2,1-3H3/t18-,19+/m1/s1. The van der Waals surface area contributed by atoms with Crippen LogP contribution in [0.3, 0.4) is 0 Å². The zero-order valence-corrected chi connectivity index (χ0v) is 14.4. The fraction of sp³-hybridized carbons (Fsp3) is 0.350. The number of amides is 1. The normalized spacial score (nSPS) is 19.0. The van der Waals surface area contributed by atoms with E-state index >= 15 is 0 Å². The summed E-state index contributed by atoms with van der Waals surface area (Å²) >= 11 is 0. The molecule has 2 atom stereocenters. The zero-order valence-electron chi connectivity index (χ0n) is 14.4. The summed E-state index contributed by atoms with van der Waals surface area (Å²) in [5.74, 6) is 0.0468. The van der Waals surface area contributed by atoms with E-state index in [1.165, 1.54) is 12.1 Å². The van der Waals surface area contributed by atoms with Crippen molar-refractivity contribution in [2.24, 2.45) is 5.92 Å². The third-order valence-corrected chi connectivity index (χ3v) is 4.63. The summed E-state index contributed by atoms with van der Waals surface area (Å²) in [5.41, 5.74) is 3.18. The van der Waals surface area contributed by atoms with Gasteiger partial charge in [0, 0.05) is 39.3 Å². The Morgan fingerprint density at radius 1 is 1.12 bits per heavy atom. The summed E-state index contributed by atoms with van der Waals surface area (Å²) in [6, 6.07) is 14.8. The van der Waals surface area contributed by atoms with Gasteiger partial charge in [0.25, 0.3) is 0 Å². The van der Waals surface area contributed by atoms with E-state index in [9.17, 15) is 9.18 Å². The molecule has 0 bridgehead atoms. The van der Waals surface area contributed by atoms with Crippen LogP contribution in [-0.4, -0.2) is 32.0 Å². The van der Waals surface area contributed by atoms with E-state index in [2.05, 4.69) is 24.3 Å². The highest BCUT2D eigenvalue weighted by Gasteiger charge is 2.45. The zero-order chi connectivity index (χ0) is 17.3. The first-order valence-electron chi connectivity index (χ1n) is 8.22. The number of carbonyl (C=O) groups excluding carboxylic acids is 1. The fourth-order valence-corrected chi connectivity index (χ4v) is 3.11. The molecule has 1 amide bonds. The molecule has 1 aliphatic rings. The first-order valence-corrected chi connectivity index (χ1v) is 8.22. The molecular weight excluding hydrogens is 303 g/mol. The number of benzene rings is 2. The minimum Gasteiger partial charge on any atom is -0.378 e. The number of anilines is 1. The van der Waals surface area contributed by atoms with Crippen LogP contribution in [0.1, 0.15) is 23.5 Å². The highest BCUT2D eigenvalue weighted by atomic mass is 19.1. The quantitative estimate of drug-likeness (QED) is 0.837. The fourth-order valence-electron chi connectivity index (χ4n) is 3.11. The van der Waals surface area contributed by atoms with Crippen LogP contribution in [0, 0.1) is 11.7 Å². The Balaban J connectivity index is 1.59. The van der Waals surface area contributed by atoms with Crippen molar-refractivity contribution < 1.29 is 9.18 Å². The molecule has 0 radical (unpaired) electrons. The van der Waals surface area contributed by atoms with E-state index in [0.29, 0.717) is 6.54 Å². The van der Waals surface area contributed by atoms with Gasteiger partial charge in [0.2, 0.25) is 5.91 Å². The lowest BCUT2D eigenvalue weighted by Crippen LogP contribution is -2.28. The van der Waals surface area contributed by atoms with Gasteiger partial charge in [0.1, 0.15) is 5.82 Å². The smallest absolute Gasteiger partial charge is 0.226 e. The number of rotatable bonds is 5. The van der Waals surface area contributed by atoms with Crippen LogP contribution in [0.4, 0.5) is 10.1 Å². The monoisotopic (exact) mass is 326 g/mol. The van der Waals surface area contributed by atoms with E-state index in [1.54, 1.807) is 11.0 Å². The molecule has 24 heavy (non-hydrogen) atoms. The lowest BCUT2D eigenvalue weighted by Gasteiger charge is -2.18. The van der Waals surface area contributed by atoms with E-state index in [4.69, 9.17) is 0 Å². The van der Waals surface area contributed by atoms with Crippen molar-refractivity contribution in [1.82, 2.24) is 4.90 Å². The Morgan fingerprint density at radius 3 is 2.46 bits per heavy atom. The first kappa shape index (κ1) is 16.5. The van der Waals surface area contributed by atoms with Crippen molar-refractivity contribution in [3.8, 4) is 0 Å². The van der Waals surface area contributed by atoms with Crippen molar-refractivity contribution in [3.05, 3.63) is 65.5 Å². The topological polar surface area (TPSA) is 23.6 Å². The van der Waals surface area contributed by atoms with Crippen LogP contribution >= 0.6 is 0 Å². The molecule has 1 aliphatic carbocycles. The van der Waals surface area contributed by atoms with Crippen molar-refractivity contribution in [2.45, 2.75) is 18.9 Å². The molecule has 1 saturated carbocycles. The number of hydrogen-bond acceptors (Lipinski definition) is 2. The summed E-state index contributed by atoms with van der Waals surface area (Å²) in [6.45, 7) is 0.596. The SMILES string of the molecule is CN(Cc1ccc(N(C)C)cc1)C(=O)[C@H]1C[C@@H]1c1cccc(F)c1. The predicted molar refractivity (Wildman–Crippen MR) is 94.5 cm³/mol. The van der Waals surface area contributed by atoms with E-state index in [-0.39, 0.29) is 23.6 Å². The average Bonchev–Trinajstić information content (AvgIpc) is 3.35. The average molecular weight is 326 g/mol. The molecule has 0 aromatic heterocycles. The maximum atomic E-state index is 13.3. The van der Waals surface area contributed by atoms with E-state index in [1.807, 2.05) is 32.1 Å². The Morgan fingerprint density at radius 2 is 1.83 bits per heavy atom. The lowest BCUT2D eigenvalue weighted by molar-refractivity contribution is -0.131. The van der Waals surface area contributed by atoms with E-state index < -0.39 is 0 Å². The molecule has 3 rings (SSSR count). The maximum absolute atomic E-state index is 13.3. The number of halogens is 1. The van der Waals surface area contributed by atoms with Gasteiger partial charge in [0.05, 0.1) is 0 Å². The van der Waals surface area contributed by atoms with Crippen molar-refractivity contribution in [1.29, 1.82) is 0 Å². The molecule has 4 heteroatoms. The summed E-state index contributed by atoms with van der Waals surface area (Å²) in [6.07, 6.45) is 0.812. The van der Waals surface area contributed by atoms with Gasteiger partial charge < -0.3 is 9.80 Å². The van der Waals surface area contributed by atoms with Gasteiger partial charge >= 0.3 is 0 Å². The number of carbonyl (C=O) groups is 1. The van der Waals surface area contributed by atoms with Gasteiger partial charge in [-0.25, -0.2) is 4.39 Å². The van der Waals surface area contributed by atoms with Crippen LogP contribution in [-0.2, 0) is 11.3 Å². The molecule has 0 unspecified atom stereocenters. The minimum atomic E-state index is -0.236. The minimum absolute atomic E-state index is 0.0159. The first-order chi connectivity index (χ1) is 11.5. The highest BCUT2D eigenvalue weighted by Crippen LogP contribution is 2.48. The third kappa shape index (κ3) is 3.58. The molecule has 3 nitrogen and oxygen atoms in total. The molecule has 2 aromatic rings. The molecule has 0 heterocycles. The highest BCUT2D eigenvalue weighted by molar-refractivity contribution is 5.82. The van der Waals surface area contributed by atoms with Gasteiger partial charge in [-0.2, -0.15) is 0 Å². The van der Waals surface area contributed by atoms with Gasteiger partial charge in [-0.1, -0.05) is 24.3 Å². The van der Waals surface area contributed by atoms with Crippen LogP contribution in [0.25, 0.3) is 0 Å². The second-order valence-corrected chi connectivity index (χ2v) is 6.76. The third-order valence-electron chi connectivity index (χ3n) is 4.63. The molecule has 126 valence electrons. The maximum Gasteiger partial charge on any atom is 0.226 e. The van der Waals surface area contributed by atoms with Crippen molar-refractivity contribution >= 4 is 11.6 Å². The van der Waals surface area contributed by atoms with Gasteiger partial charge in [-0.3, -0.25) is 4.79 Å². The van der Waals surface area contributed by atoms with Crippen molar-refractivity contribution in [2.75, 3.05) is 26.0 Å². The summed E-state index contributed by atoms with van der Waals surface area (Å²) < 4.78 is 13.3. The molecule has 0 spiro atoms. The largest absolute Gasteiger partial charge is 0.378 e.